The van der Waals surface area contributed by atoms with Crippen molar-refractivity contribution in [3.05, 3.63) is 0 Å². The van der Waals surface area contributed by atoms with Crippen LogP contribution in [0.3, 0.4) is 0 Å². The molecule has 0 N–H and O–H groups in total. The van der Waals surface area contributed by atoms with Gasteiger partial charge in [0.1, 0.15) is 0 Å². The summed E-state index contributed by atoms with van der Waals surface area (Å²) in [6, 6.07) is 0. The average molecular weight is 578 g/mol. The van der Waals surface area contributed by atoms with Crippen LogP contribution in [0.5, 0.6) is 0 Å². The highest BCUT2D eigenvalue weighted by atomic mass is 15.1. The summed E-state index contributed by atoms with van der Waals surface area (Å²) in [7, 11) is 0. The highest BCUT2D eigenvalue weighted by Gasteiger charge is 2.05. The summed E-state index contributed by atoms with van der Waals surface area (Å²) in [4.78, 5) is 2.86. The zero-order valence-corrected chi connectivity index (χ0v) is 29.9. The van der Waals surface area contributed by atoms with Gasteiger partial charge in [-0.2, -0.15) is 0 Å². The molecule has 0 radical (unpaired) electrons. The zero-order valence-electron chi connectivity index (χ0n) is 29.9. The maximum Gasteiger partial charge on any atom is -0.00187 e. The van der Waals surface area contributed by atoms with Crippen molar-refractivity contribution in [3.63, 3.8) is 0 Å². The van der Waals surface area contributed by atoms with Crippen molar-refractivity contribution in [1.29, 1.82) is 0 Å². The van der Waals surface area contributed by atoms with E-state index in [1.807, 2.05) is 0 Å². The van der Waals surface area contributed by atoms with Gasteiger partial charge in [0.25, 0.3) is 0 Å². The van der Waals surface area contributed by atoms with Crippen LogP contribution in [0.2, 0.25) is 0 Å². The number of unbranched alkanes of at least 4 members (excludes halogenated alkanes) is 25. The van der Waals surface area contributed by atoms with Crippen molar-refractivity contribution >= 4 is 0 Å². The third-order valence-electron chi connectivity index (χ3n) is 9.34. The Kier molecular flexibility index (Phi) is 34.4. The van der Waals surface area contributed by atoms with Gasteiger partial charge in [0, 0.05) is 0 Å². The van der Waals surface area contributed by atoms with E-state index in [2.05, 4.69) is 39.5 Å². The predicted octanol–water partition coefficient (Wildman–Crippen LogP) is 14.3. The molecule has 0 saturated carbocycles. The predicted molar refractivity (Wildman–Crippen MR) is 190 cm³/mol. The number of rotatable bonds is 35. The van der Waals surface area contributed by atoms with Gasteiger partial charge < -0.3 is 4.90 Å². The summed E-state index contributed by atoms with van der Waals surface area (Å²) in [5.41, 5.74) is 0. The Morgan fingerprint density at radius 1 is 0.293 bits per heavy atom. The molecule has 41 heavy (non-hydrogen) atoms. The van der Waals surface area contributed by atoms with Crippen LogP contribution in [-0.2, 0) is 0 Å². The van der Waals surface area contributed by atoms with E-state index in [-0.39, 0.29) is 0 Å². The Morgan fingerprint density at radius 3 is 0.756 bits per heavy atom. The maximum absolute atomic E-state index is 2.86. The molecule has 0 heterocycles. The Bertz CT molecular complexity index is 428. The first kappa shape index (κ1) is 41.0. The minimum absolute atomic E-state index is 0.886. The largest absolute Gasteiger partial charge is 0.303 e. The van der Waals surface area contributed by atoms with E-state index in [1.54, 1.807) is 0 Å². The van der Waals surface area contributed by atoms with Gasteiger partial charge in [-0.1, -0.05) is 208 Å². The van der Waals surface area contributed by atoms with Gasteiger partial charge >= 0.3 is 0 Å². The molecule has 0 saturated heterocycles. The lowest BCUT2D eigenvalue weighted by Crippen LogP contribution is -2.27. The molecule has 0 rings (SSSR count). The summed E-state index contributed by atoms with van der Waals surface area (Å²) in [5.74, 6) is 1.77. The van der Waals surface area contributed by atoms with E-state index in [9.17, 15) is 0 Å². The van der Waals surface area contributed by atoms with E-state index in [1.165, 1.54) is 212 Å². The molecule has 1 nitrogen and oxygen atoms in total. The van der Waals surface area contributed by atoms with Gasteiger partial charge in [-0.25, -0.2) is 0 Å². The first-order valence-electron chi connectivity index (χ1n) is 19.8. The fourth-order valence-electron chi connectivity index (χ4n) is 6.41. The monoisotopic (exact) mass is 578 g/mol. The molecule has 1 heteroatoms. The van der Waals surface area contributed by atoms with Crippen molar-refractivity contribution in [2.75, 3.05) is 19.6 Å². The van der Waals surface area contributed by atoms with Crippen molar-refractivity contribution < 1.29 is 0 Å². The van der Waals surface area contributed by atoms with E-state index < -0.39 is 0 Å². The second kappa shape index (κ2) is 34.5. The average Bonchev–Trinajstić information content (AvgIpc) is 2.94. The van der Waals surface area contributed by atoms with Crippen molar-refractivity contribution in [2.24, 2.45) is 11.8 Å². The van der Waals surface area contributed by atoms with Crippen LogP contribution in [0.4, 0.5) is 0 Å². The first-order chi connectivity index (χ1) is 20.1. The smallest absolute Gasteiger partial charge is 0.00187 e. The maximum atomic E-state index is 2.86. The fourth-order valence-corrected chi connectivity index (χ4v) is 6.41. The van der Waals surface area contributed by atoms with Crippen LogP contribution < -0.4 is 0 Å². The lowest BCUT2D eigenvalue weighted by Gasteiger charge is -2.22. The molecule has 0 aliphatic rings. The number of hydrogen-bond acceptors (Lipinski definition) is 1. The third-order valence-corrected chi connectivity index (χ3v) is 9.34. The minimum atomic E-state index is 0.886. The standard InChI is InChI=1S/C40H83N/c1-6-7-8-9-10-11-12-13-16-21-26-31-36-41(37-32-27-22-17-14-19-24-29-34-39(2)3)38-33-28-23-18-15-20-25-30-35-40(4)5/h39-40H,6-38H2,1-5H3. The lowest BCUT2D eigenvalue weighted by molar-refractivity contribution is 0.254. The second-order valence-corrected chi connectivity index (χ2v) is 14.8. The van der Waals surface area contributed by atoms with Crippen LogP contribution in [-0.4, -0.2) is 24.5 Å². The summed E-state index contributed by atoms with van der Waals surface area (Å²) in [5, 5.41) is 0. The van der Waals surface area contributed by atoms with Crippen LogP contribution in [0.15, 0.2) is 0 Å². The van der Waals surface area contributed by atoms with E-state index in [0.29, 0.717) is 0 Å². The molecular formula is C40H83N. The molecular weight excluding hydrogens is 494 g/mol. The molecule has 0 aromatic heterocycles. The Morgan fingerprint density at radius 2 is 0.512 bits per heavy atom. The second-order valence-electron chi connectivity index (χ2n) is 14.8. The van der Waals surface area contributed by atoms with Gasteiger partial charge in [-0.3, -0.25) is 0 Å². The molecule has 0 bridgehead atoms. The van der Waals surface area contributed by atoms with Gasteiger partial charge in [-0.05, 0) is 50.7 Å². The van der Waals surface area contributed by atoms with Gasteiger partial charge in [-0.15, -0.1) is 0 Å². The van der Waals surface area contributed by atoms with Gasteiger partial charge in [0.15, 0.2) is 0 Å². The number of nitrogens with zero attached hydrogens (tertiary/aromatic N) is 1. The summed E-state index contributed by atoms with van der Waals surface area (Å²) >= 11 is 0. The Labute approximate surface area is 263 Å². The van der Waals surface area contributed by atoms with Gasteiger partial charge in [0.05, 0.1) is 0 Å². The molecule has 0 aliphatic heterocycles. The molecule has 0 aliphatic carbocycles. The van der Waals surface area contributed by atoms with Crippen LogP contribution >= 0.6 is 0 Å². The molecule has 0 spiro atoms. The Hall–Kier alpha value is -0.0400. The SMILES string of the molecule is CCCCCCCCCCCCCCN(CCCCCCCCCCC(C)C)CCCCCCCCCCC(C)C. The first-order valence-corrected chi connectivity index (χ1v) is 19.8. The van der Waals surface area contributed by atoms with Crippen molar-refractivity contribution in [1.82, 2.24) is 4.90 Å². The highest BCUT2D eigenvalue weighted by Crippen LogP contribution is 2.16. The normalized spacial score (nSPS) is 12.0. The van der Waals surface area contributed by atoms with Crippen LogP contribution in [0.25, 0.3) is 0 Å². The lowest BCUT2D eigenvalue weighted by atomic mass is 10.0. The van der Waals surface area contributed by atoms with E-state index >= 15 is 0 Å². The Balaban J connectivity index is 3.92. The molecule has 0 unspecified atom stereocenters. The molecule has 248 valence electrons. The number of hydrogen-bond donors (Lipinski definition) is 0. The fraction of sp³-hybridized carbons (Fsp3) is 1.00. The summed E-state index contributed by atoms with van der Waals surface area (Å²) < 4.78 is 0. The van der Waals surface area contributed by atoms with E-state index in [4.69, 9.17) is 0 Å². The topological polar surface area (TPSA) is 3.24 Å². The molecule has 0 aromatic rings. The molecule has 0 fully saturated rings. The van der Waals surface area contributed by atoms with Crippen molar-refractivity contribution in [3.8, 4) is 0 Å². The van der Waals surface area contributed by atoms with E-state index in [0.717, 1.165) is 11.8 Å². The highest BCUT2D eigenvalue weighted by molar-refractivity contribution is 4.61. The molecule has 0 amide bonds. The van der Waals surface area contributed by atoms with Crippen LogP contribution in [0, 0.1) is 11.8 Å². The molecule has 0 aromatic carbocycles. The third kappa shape index (κ3) is 36.1. The molecule has 0 atom stereocenters. The van der Waals surface area contributed by atoms with Crippen molar-refractivity contribution in [2.45, 2.75) is 227 Å². The summed E-state index contributed by atoms with van der Waals surface area (Å²) in [6.07, 6.45) is 43.7. The van der Waals surface area contributed by atoms with Crippen LogP contribution in [0.1, 0.15) is 227 Å². The summed E-state index contributed by atoms with van der Waals surface area (Å²) in [6.45, 7) is 15.8. The zero-order chi connectivity index (χ0) is 30.1. The van der Waals surface area contributed by atoms with Gasteiger partial charge in [0.2, 0.25) is 0 Å². The quantitative estimate of drug-likeness (QED) is 0.0677. The minimum Gasteiger partial charge on any atom is -0.303 e.